The molecule has 7 heteroatoms. The Labute approximate surface area is 173 Å². The first kappa shape index (κ1) is 20.3. The zero-order chi connectivity index (χ0) is 18.3. The predicted molar refractivity (Wildman–Crippen MR) is 102 cm³/mol. The number of hydrogen-bond donors (Lipinski definition) is 1. The predicted octanol–water partition coefficient (Wildman–Crippen LogP) is 1.88. The molecule has 146 valence electrons. The molecule has 2 aromatic rings. The largest absolute Gasteiger partial charge is 1.00 e. The average Bonchev–Trinajstić information content (AvgIpc) is 3.13. The molecule has 2 aliphatic rings. The van der Waals surface area contributed by atoms with Crippen LogP contribution in [-0.2, 0) is 4.74 Å². The Morgan fingerprint density at radius 2 is 1.93 bits per heavy atom. The molecule has 3 heterocycles. The highest BCUT2D eigenvalue weighted by Gasteiger charge is 2.49. The van der Waals surface area contributed by atoms with Crippen molar-refractivity contribution in [3.63, 3.8) is 0 Å². The van der Waals surface area contributed by atoms with Gasteiger partial charge in [0.2, 0.25) is 0 Å². The van der Waals surface area contributed by atoms with Gasteiger partial charge in [0.1, 0.15) is 11.9 Å². The molecule has 3 atom stereocenters. The average molecular weight is 455 g/mol. The van der Waals surface area contributed by atoms with Crippen LogP contribution in [0.25, 0.3) is 11.1 Å². The van der Waals surface area contributed by atoms with Crippen LogP contribution in [0.5, 0.6) is 0 Å². The molecule has 0 radical (unpaired) electrons. The van der Waals surface area contributed by atoms with Crippen molar-refractivity contribution in [1.29, 1.82) is 0 Å². The molecular formula is C20H24BrFN2O2S. The summed E-state index contributed by atoms with van der Waals surface area (Å²) in [4.78, 5) is 12.4. The SMILES string of the molecule is C[N+]1(C)[C@@H]2CC[C@H]1CC(OC(=O)Nc1c(F)cccc1-c1ccsc1)C2.[Br-]. The number of carbonyl (C=O) groups is 1. The van der Waals surface area contributed by atoms with Crippen LogP contribution in [0.2, 0.25) is 0 Å². The first-order chi connectivity index (χ1) is 12.4. The summed E-state index contributed by atoms with van der Waals surface area (Å²) in [6.07, 6.45) is 3.49. The van der Waals surface area contributed by atoms with Crippen molar-refractivity contribution >= 4 is 23.1 Å². The van der Waals surface area contributed by atoms with E-state index in [1.54, 1.807) is 6.07 Å². The van der Waals surface area contributed by atoms with Gasteiger partial charge in [0, 0.05) is 31.2 Å². The second kappa shape index (κ2) is 7.89. The van der Waals surface area contributed by atoms with Crippen LogP contribution in [0.4, 0.5) is 14.9 Å². The Kier molecular flexibility index (Phi) is 5.93. The number of amides is 1. The summed E-state index contributed by atoms with van der Waals surface area (Å²) < 4.78 is 21.0. The third-order valence-corrected chi connectivity index (χ3v) is 6.82. The number of nitrogens with one attached hydrogen (secondary N) is 1. The summed E-state index contributed by atoms with van der Waals surface area (Å²) in [6, 6.07) is 7.81. The quantitative estimate of drug-likeness (QED) is 0.718. The van der Waals surface area contributed by atoms with Gasteiger partial charge in [-0.1, -0.05) is 12.1 Å². The number of carbonyl (C=O) groups excluding carboxylic acids is 1. The van der Waals surface area contributed by atoms with Crippen LogP contribution in [0.3, 0.4) is 0 Å². The number of ether oxygens (including phenoxy) is 1. The lowest BCUT2D eigenvalue weighted by atomic mass is 9.98. The number of nitrogens with zero attached hydrogens (tertiary/aromatic N) is 1. The van der Waals surface area contributed by atoms with Gasteiger partial charge in [-0.15, -0.1) is 0 Å². The molecule has 2 fully saturated rings. The van der Waals surface area contributed by atoms with Gasteiger partial charge < -0.3 is 26.2 Å². The molecule has 1 amide bonds. The lowest BCUT2D eigenvalue weighted by Gasteiger charge is -2.43. The summed E-state index contributed by atoms with van der Waals surface area (Å²) in [5.74, 6) is -0.452. The van der Waals surface area contributed by atoms with E-state index in [1.807, 2.05) is 22.9 Å². The van der Waals surface area contributed by atoms with Gasteiger partial charge >= 0.3 is 6.09 Å². The van der Waals surface area contributed by atoms with Gasteiger partial charge in [0.05, 0.1) is 31.9 Å². The molecule has 2 saturated heterocycles. The molecule has 4 rings (SSSR count). The second-order valence-electron chi connectivity index (χ2n) is 7.81. The normalized spacial score (nSPS) is 25.5. The van der Waals surface area contributed by atoms with E-state index in [2.05, 4.69) is 19.4 Å². The van der Waals surface area contributed by atoms with Crippen molar-refractivity contribution in [3.8, 4) is 11.1 Å². The number of thiophene rings is 1. The van der Waals surface area contributed by atoms with Crippen LogP contribution in [0.15, 0.2) is 35.0 Å². The number of para-hydroxylation sites is 1. The lowest BCUT2D eigenvalue weighted by molar-refractivity contribution is -0.931. The maximum absolute atomic E-state index is 14.3. The fourth-order valence-corrected chi connectivity index (χ4v) is 5.18. The number of piperidine rings is 1. The maximum Gasteiger partial charge on any atom is 0.412 e. The topological polar surface area (TPSA) is 38.3 Å². The molecule has 1 aromatic heterocycles. The Bertz CT molecular complexity index is 796. The highest BCUT2D eigenvalue weighted by atomic mass is 79.9. The first-order valence-corrected chi connectivity index (χ1v) is 10.0. The molecule has 0 aliphatic carbocycles. The fraction of sp³-hybridized carbons (Fsp3) is 0.450. The molecule has 1 N–H and O–H groups in total. The van der Waals surface area contributed by atoms with Crippen molar-refractivity contribution in [2.75, 3.05) is 19.4 Å². The maximum atomic E-state index is 14.3. The zero-order valence-electron chi connectivity index (χ0n) is 15.5. The standard InChI is InChI=1S/C20H23FN2O2S.BrH/c1-23(2)14-6-7-15(23)11-16(10-14)25-20(24)22-19-17(4-3-5-18(19)21)13-8-9-26-12-13;/h3-5,8-9,12,14-16H,6-7,10-11H2,1-2H3;1H/t14-,15+,16?;. The highest BCUT2D eigenvalue weighted by molar-refractivity contribution is 7.08. The van der Waals surface area contributed by atoms with Gasteiger partial charge in [-0.2, -0.15) is 11.3 Å². The number of rotatable bonds is 3. The smallest absolute Gasteiger partial charge is 0.412 e. The van der Waals surface area contributed by atoms with E-state index in [0.29, 0.717) is 17.6 Å². The lowest BCUT2D eigenvalue weighted by Crippen LogP contribution is -3.00. The number of quaternary nitrogens is 1. The number of hydrogen-bond acceptors (Lipinski definition) is 3. The number of fused-ring (bicyclic) bond motifs is 2. The van der Waals surface area contributed by atoms with Gasteiger partial charge in [-0.25, -0.2) is 9.18 Å². The number of halogens is 2. The highest BCUT2D eigenvalue weighted by Crippen LogP contribution is 2.40. The van der Waals surface area contributed by atoms with E-state index in [1.165, 1.54) is 30.2 Å². The minimum atomic E-state index is -0.566. The van der Waals surface area contributed by atoms with Crippen LogP contribution >= 0.6 is 11.3 Å². The van der Waals surface area contributed by atoms with Crippen LogP contribution in [0, 0.1) is 5.82 Å². The van der Waals surface area contributed by atoms with Crippen LogP contribution in [0.1, 0.15) is 25.7 Å². The Balaban J connectivity index is 0.00000210. The Morgan fingerprint density at radius 3 is 2.56 bits per heavy atom. The molecule has 0 spiro atoms. The number of benzene rings is 1. The van der Waals surface area contributed by atoms with Gasteiger partial charge in [0.15, 0.2) is 0 Å². The third-order valence-electron chi connectivity index (χ3n) is 6.13. The molecule has 0 saturated carbocycles. The third kappa shape index (κ3) is 3.91. The molecule has 1 unspecified atom stereocenters. The van der Waals surface area contributed by atoms with Crippen molar-refractivity contribution in [2.45, 2.75) is 43.9 Å². The van der Waals surface area contributed by atoms with E-state index in [0.717, 1.165) is 22.9 Å². The van der Waals surface area contributed by atoms with Gasteiger partial charge in [0.25, 0.3) is 0 Å². The summed E-state index contributed by atoms with van der Waals surface area (Å²) in [7, 11) is 4.54. The van der Waals surface area contributed by atoms with Crippen LogP contribution in [-0.4, -0.2) is 42.9 Å². The minimum absolute atomic E-state index is 0. The molecule has 2 aliphatic heterocycles. The Hall–Kier alpha value is -1.44. The first-order valence-electron chi connectivity index (χ1n) is 9.07. The fourth-order valence-electron chi connectivity index (χ4n) is 4.52. The van der Waals surface area contributed by atoms with Crippen molar-refractivity contribution in [2.24, 2.45) is 0 Å². The van der Waals surface area contributed by atoms with E-state index in [4.69, 9.17) is 4.74 Å². The Morgan fingerprint density at radius 1 is 1.22 bits per heavy atom. The summed E-state index contributed by atoms with van der Waals surface area (Å²) in [5, 5.41) is 6.51. The molecule has 2 bridgehead atoms. The van der Waals surface area contributed by atoms with Gasteiger partial charge in [-0.05, 0) is 28.5 Å². The van der Waals surface area contributed by atoms with Crippen LogP contribution < -0.4 is 22.3 Å². The minimum Gasteiger partial charge on any atom is -1.00 e. The van der Waals surface area contributed by atoms with Crippen molar-refractivity contribution < 1.29 is 35.4 Å². The van der Waals surface area contributed by atoms with E-state index in [-0.39, 0.29) is 28.8 Å². The molecule has 4 nitrogen and oxygen atoms in total. The molecule has 1 aromatic carbocycles. The van der Waals surface area contributed by atoms with E-state index in [9.17, 15) is 9.18 Å². The monoisotopic (exact) mass is 454 g/mol. The van der Waals surface area contributed by atoms with E-state index >= 15 is 0 Å². The van der Waals surface area contributed by atoms with Crippen molar-refractivity contribution in [3.05, 3.63) is 40.8 Å². The summed E-state index contributed by atoms with van der Waals surface area (Å²) in [6.45, 7) is 0. The zero-order valence-corrected chi connectivity index (χ0v) is 17.9. The number of anilines is 1. The summed E-state index contributed by atoms with van der Waals surface area (Å²) in [5.41, 5.74) is 1.75. The second-order valence-corrected chi connectivity index (χ2v) is 8.59. The van der Waals surface area contributed by atoms with Gasteiger partial charge in [-0.3, -0.25) is 5.32 Å². The van der Waals surface area contributed by atoms with Crippen molar-refractivity contribution in [1.82, 2.24) is 0 Å². The molecule has 27 heavy (non-hydrogen) atoms. The van der Waals surface area contributed by atoms with E-state index < -0.39 is 11.9 Å². The summed E-state index contributed by atoms with van der Waals surface area (Å²) >= 11 is 1.54. The molecular weight excluding hydrogens is 431 g/mol.